The van der Waals surface area contributed by atoms with Crippen LogP contribution >= 0.6 is 0 Å². The van der Waals surface area contributed by atoms with Gasteiger partial charge < -0.3 is 9.88 Å². The molecule has 0 aliphatic rings. The minimum Gasteiger partial charge on any atom is -0.343 e. The molecule has 2 rings (SSSR count). The van der Waals surface area contributed by atoms with E-state index in [0.717, 1.165) is 32.5 Å². The highest BCUT2D eigenvalue weighted by Crippen LogP contribution is 2.23. The second kappa shape index (κ2) is 7.30. The SMILES string of the molecule is C=C(CC)Cn1cc(CCCNCC)c2ccccc21. The number of nitrogens with one attached hydrogen (secondary N) is 1. The molecule has 0 saturated carbocycles. The lowest BCUT2D eigenvalue weighted by molar-refractivity contribution is 0.672. The molecule has 0 spiro atoms. The van der Waals surface area contributed by atoms with Gasteiger partial charge in [0, 0.05) is 23.6 Å². The highest BCUT2D eigenvalue weighted by atomic mass is 15.0. The Bertz CT molecular complexity index is 566. The van der Waals surface area contributed by atoms with Gasteiger partial charge in [-0.2, -0.15) is 0 Å². The lowest BCUT2D eigenvalue weighted by atomic mass is 10.1. The molecule has 1 heterocycles. The Kier molecular flexibility index (Phi) is 5.42. The number of hydrogen-bond donors (Lipinski definition) is 1. The van der Waals surface area contributed by atoms with Crippen molar-refractivity contribution in [3.05, 3.63) is 48.2 Å². The molecule has 0 saturated heterocycles. The Morgan fingerprint density at radius 1 is 1.25 bits per heavy atom. The molecule has 0 amide bonds. The quantitative estimate of drug-likeness (QED) is 0.563. The van der Waals surface area contributed by atoms with Gasteiger partial charge in [0.15, 0.2) is 0 Å². The molecule has 0 aliphatic carbocycles. The minimum absolute atomic E-state index is 0.935. The largest absolute Gasteiger partial charge is 0.343 e. The van der Waals surface area contributed by atoms with Crippen LogP contribution in [0.15, 0.2) is 42.6 Å². The molecule has 1 aromatic carbocycles. The normalized spacial score (nSPS) is 11.1. The molecular weight excluding hydrogens is 244 g/mol. The number of rotatable bonds is 8. The van der Waals surface area contributed by atoms with E-state index in [-0.39, 0.29) is 0 Å². The highest BCUT2D eigenvalue weighted by molar-refractivity contribution is 5.84. The van der Waals surface area contributed by atoms with Crippen molar-refractivity contribution in [2.45, 2.75) is 39.7 Å². The molecule has 0 fully saturated rings. The average Bonchev–Trinajstić information content (AvgIpc) is 2.82. The summed E-state index contributed by atoms with van der Waals surface area (Å²) < 4.78 is 2.35. The fourth-order valence-corrected chi connectivity index (χ4v) is 2.59. The van der Waals surface area contributed by atoms with E-state index in [2.05, 4.69) is 60.8 Å². The summed E-state index contributed by atoms with van der Waals surface area (Å²) in [6, 6.07) is 8.71. The summed E-state index contributed by atoms with van der Waals surface area (Å²) in [6.45, 7) is 11.6. The number of nitrogens with zero attached hydrogens (tertiary/aromatic N) is 1. The van der Waals surface area contributed by atoms with Crippen LogP contribution < -0.4 is 5.32 Å². The first-order chi connectivity index (χ1) is 9.76. The molecule has 0 unspecified atom stereocenters. The number of fused-ring (bicyclic) bond motifs is 1. The van der Waals surface area contributed by atoms with Gasteiger partial charge in [0.25, 0.3) is 0 Å². The van der Waals surface area contributed by atoms with Gasteiger partial charge >= 0.3 is 0 Å². The molecule has 2 aromatic rings. The van der Waals surface area contributed by atoms with Crippen LogP contribution in [0.5, 0.6) is 0 Å². The molecule has 0 radical (unpaired) electrons. The van der Waals surface area contributed by atoms with Gasteiger partial charge in [0.2, 0.25) is 0 Å². The monoisotopic (exact) mass is 270 g/mol. The topological polar surface area (TPSA) is 17.0 Å². The minimum atomic E-state index is 0.935. The highest BCUT2D eigenvalue weighted by Gasteiger charge is 2.08. The molecule has 1 aromatic heterocycles. The van der Waals surface area contributed by atoms with Gasteiger partial charge in [0.05, 0.1) is 0 Å². The van der Waals surface area contributed by atoms with Crippen LogP contribution in [-0.2, 0) is 13.0 Å². The van der Waals surface area contributed by atoms with Gasteiger partial charge in [0.1, 0.15) is 0 Å². The third-order valence-corrected chi connectivity index (χ3v) is 3.81. The van der Waals surface area contributed by atoms with Crippen LogP contribution in [0.1, 0.15) is 32.3 Å². The second-order valence-electron chi connectivity index (χ2n) is 5.36. The van der Waals surface area contributed by atoms with E-state index >= 15 is 0 Å². The molecule has 108 valence electrons. The molecule has 2 nitrogen and oxygen atoms in total. The first-order valence-electron chi connectivity index (χ1n) is 7.70. The Morgan fingerprint density at radius 2 is 2.05 bits per heavy atom. The van der Waals surface area contributed by atoms with E-state index in [1.54, 1.807) is 0 Å². The van der Waals surface area contributed by atoms with E-state index in [1.165, 1.54) is 28.5 Å². The van der Waals surface area contributed by atoms with Crippen molar-refractivity contribution in [3.63, 3.8) is 0 Å². The number of aromatic nitrogens is 1. The summed E-state index contributed by atoms with van der Waals surface area (Å²) in [5.74, 6) is 0. The van der Waals surface area contributed by atoms with Crippen molar-refractivity contribution in [2.75, 3.05) is 13.1 Å². The van der Waals surface area contributed by atoms with Gasteiger partial charge in [-0.05, 0) is 44.0 Å². The number of benzene rings is 1. The zero-order valence-electron chi connectivity index (χ0n) is 12.8. The van der Waals surface area contributed by atoms with Crippen LogP contribution in [-0.4, -0.2) is 17.7 Å². The Labute approximate surface area is 122 Å². The van der Waals surface area contributed by atoms with Crippen molar-refractivity contribution in [1.82, 2.24) is 9.88 Å². The zero-order chi connectivity index (χ0) is 14.4. The van der Waals surface area contributed by atoms with Crippen molar-refractivity contribution < 1.29 is 0 Å². The van der Waals surface area contributed by atoms with Gasteiger partial charge in [-0.25, -0.2) is 0 Å². The molecular formula is C18H26N2. The standard InChI is InChI=1S/C18H26N2/c1-4-15(3)13-20-14-16(9-8-12-19-5-2)17-10-6-7-11-18(17)20/h6-7,10-11,14,19H,3-5,8-9,12-13H2,1-2H3. The summed E-state index contributed by atoms with van der Waals surface area (Å²) in [5.41, 5.74) is 4.08. The third kappa shape index (κ3) is 3.51. The molecule has 0 atom stereocenters. The van der Waals surface area contributed by atoms with E-state index in [1.807, 2.05) is 0 Å². The average molecular weight is 270 g/mol. The summed E-state index contributed by atoms with van der Waals surface area (Å²) in [4.78, 5) is 0. The molecule has 20 heavy (non-hydrogen) atoms. The lowest BCUT2D eigenvalue weighted by Crippen LogP contribution is -2.14. The Hall–Kier alpha value is -1.54. The zero-order valence-corrected chi connectivity index (χ0v) is 12.8. The summed E-state index contributed by atoms with van der Waals surface area (Å²) in [5, 5.41) is 4.79. The van der Waals surface area contributed by atoms with Crippen LogP contribution in [0.2, 0.25) is 0 Å². The summed E-state index contributed by atoms with van der Waals surface area (Å²) >= 11 is 0. The van der Waals surface area contributed by atoms with Crippen molar-refractivity contribution in [2.24, 2.45) is 0 Å². The smallest absolute Gasteiger partial charge is 0.0486 e. The van der Waals surface area contributed by atoms with Gasteiger partial charge in [-0.3, -0.25) is 0 Å². The maximum absolute atomic E-state index is 4.14. The predicted octanol–water partition coefficient (Wildman–Crippen LogP) is 4.15. The third-order valence-electron chi connectivity index (χ3n) is 3.81. The summed E-state index contributed by atoms with van der Waals surface area (Å²) in [6.07, 6.45) is 5.69. The first-order valence-corrected chi connectivity index (χ1v) is 7.70. The van der Waals surface area contributed by atoms with Gasteiger partial charge in [-0.1, -0.05) is 44.2 Å². The first kappa shape index (κ1) is 14.9. The van der Waals surface area contributed by atoms with Crippen LogP contribution in [0.25, 0.3) is 10.9 Å². The van der Waals surface area contributed by atoms with Crippen molar-refractivity contribution in [1.29, 1.82) is 0 Å². The maximum Gasteiger partial charge on any atom is 0.0486 e. The molecule has 0 bridgehead atoms. The predicted molar refractivity (Wildman–Crippen MR) is 88.2 cm³/mol. The molecule has 1 N–H and O–H groups in total. The van der Waals surface area contributed by atoms with Crippen molar-refractivity contribution >= 4 is 10.9 Å². The van der Waals surface area contributed by atoms with Crippen molar-refractivity contribution in [3.8, 4) is 0 Å². The van der Waals surface area contributed by atoms with E-state index in [9.17, 15) is 0 Å². The van der Waals surface area contributed by atoms with Crippen LogP contribution in [0.3, 0.4) is 0 Å². The Morgan fingerprint density at radius 3 is 2.80 bits per heavy atom. The number of para-hydroxylation sites is 1. The fourth-order valence-electron chi connectivity index (χ4n) is 2.59. The molecule has 0 aliphatic heterocycles. The van der Waals surface area contributed by atoms with Gasteiger partial charge in [-0.15, -0.1) is 0 Å². The number of hydrogen-bond acceptors (Lipinski definition) is 1. The maximum atomic E-state index is 4.14. The van der Waals surface area contributed by atoms with Crippen LogP contribution in [0.4, 0.5) is 0 Å². The van der Waals surface area contributed by atoms with E-state index in [4.69, 9.17) is 0 Å². The second-order valence-corrected chi connectivity index (χ2v) is 5.36. The van der Waals surface area contributed by atoms with E-state index in [0.29, 0.717) is 0 Å². The number of aryl methyl sites for hydroxylation is 1. The fraction of sp³-hybridized carbons (Fsp3) is 0.444. The number of allylic oxidation sites excluding steroid dienone is 1. The summed E-state index contributed by atoms with van der Waals surface area (Å²) in [7, 11) is 0. The lowest BCUT2D eigenvalue weighted by Gasteiger charge is -2.06. The molecule has 2 heteroatoms. The van der Waals surface area contributed by atoms with Crippen LogP contribution in [0, 0.1) is 0 Å². The Balaban J connectivity index is 2.19. The van der Waals surface area contributed by atoms with E-state index < -0.39 is 0 Å².